The first kappa shape index (κ1) is 22.1. The van der Waals surface area contributed by atoms with Crippen molar-refractivity contribution in [2.75, 3.05) is 26.4 Å². The van der Waals surface area contributed by atoms with E-state index in [-0.39, 0.29) is 37.1 Å². The van der Waals surface area contributed by atoms with Gasteiger partial charge in [-0.05, 0) is 87.9 Å². The second kappa shape index (κ2) is 9.99. The van der Waals surface area contributed by atoms with E-state index in [0.717, 1.165) is 23.7 Å². The molecule has 2 amide bonds. The molecule has 0 aromatic carbocycles. The van der Waals surface area contributed by atoms with Crippen molar-refractivity contribution in [2.45, 2.75) is 77.3 Å². The van der Waals surface area contributed by atoms with Crippen LogP contribution in [0.2, 0.25) is 0 Å². The smallest absolute Gasteiger partial charge is 0.246 e. The molecular formula is C24H40N2O4. The van der Waals surface area contributed by atoms with Gasteiger partial charge in [-0.25, -0.2) is 0 Å². The fraction of sp³-hybridized carbons (Fsp3) is 0.917. The van der Waals surface area contributed by atoms with Gasteiger partial charge in [0.2, 0.25) is 11.8 Å². The SMILES string of the molecule is C[C@H](NC(=O)COCCOCC(=O)N[C@H](C)[C@@H]1C[C@H]2CC[C@H]1C2)[C@@H]1C[C@H]2CC[C@H]1C2. The molecule has 6 nitrogen and oxygen atoms in total. The topological polar surface area (TPSA) is 76.7 Å². The van der Waals surface area contributed by atoms with Crippen molar-refractivity contribution in [3.05, 3.63) is 0 Å². The summed E-state index contributed by atoms with van der Waals surface area (Å²) in [7, 11) is 0. The van der Waals surface area contributed by atoms with Crippen LogP contribution < -0.4 is 10.6 Å². The molecule has 0 unspecified atom stereocenters. The Kier molecular flexibility index (Phi) is 7.35. The summed E-state index contributed by atoms with van der Waals surface area (Å²) >= 11 is 0. The summed E-state index contributed by atoms with van der Waals surface area (Å²) in [6, 6.07) is 0.460. The molecule has 0 heterocycles. The van der Waals surface area contributed by atoms with Crippen LogP contribution >= 0.6 is 0 Å². The zero-order valence-electron chi connectivity index (χ0n) is 18.7. The molecule has 4 aliphatic carbocycles. The van der Waals surface area contributed by atoms with E-state index in [1.54, 1.807) is 0 Å². The van der Waals surface area contributed by atoms with Crippen LogP contribution in [0.15, 0.2) is 0 Å². The van der Waals surface area contributed by atoms with Crippen LogP contribution in [0.5, 0.6) is 0 Å². The van der Waals surface area contributed by atoms with Crippen molar-refractivity contribution in [1.29, 1.82) is 0 Å². The van der Waals surface area contributed by atoms with Crippen LogP contribution in [-0.4, -0.2) is 50.3 Å². The van der Waals surface area contributed by atoms with E-state index in [1.807, 2.05) is 0 Å². The molecular weight excluding hydrogens is 380 g/mol. The number of ether oxygens (including phenoxy) is 2. The van der Waals surface area contributed by atoms with Gasteiger partial charge in [0.25, 0.3) is 0 Å². The lowest BCUT2D eigenvalue weighted by Gasteiger charge is -2.28. The average molecular weight is 421 g/mol. The summed E-state index contributed by atoms with van der Waals surface area (Å²) in [5.41, 5.74) is 0. The number of hydrogen-bond acceptors (Lipinski definition) is 4. The van der Waals surface area contributed by atoms with Crippen LogP contribution in [0.3, 0.4) is 0 Å². The molecule has 0 radical (unpaired) electrons. The lowest BCUT2D eigenvalue weighted by atomic mass is 9.84. The maximum atomic E-state index is 12.1. The molecule has 4 aliphatic rings. The Morgan fingerprint density at radius 2 is 1.17 bits per heavy atom. The number of fused-ring (bicyclic) bond motifs is 4. The molecule has 30 heavy (non-hydrogen) atoms. The highest BCUT2D eigenvalue weighted by atomic mass is 16.5. The highest BCUT2D eigenvalue weighted by molar-refractivity contribution is 5.77. The summed E-state index contributed by atoms with van der Waals surface area (Å²) in [4.78, 5) is 24.2. The molecule has 0 spiro atoms. The van der Waals surface area contributed by atoms with Crippen LogP contribution in [0.4, 0.5) is 0 Å². The van der Waals surface area contributed by atoms with E-state index in [0.29, 0.717) is 25.0 Å². The Morgan fingerprint density at radius 1 is 0.733 bits per heavy atom. The van der Waals surface area contributed by atoms with Gasteiger partial charge in [-0.15, -0.1) is 0 Å². The summed E-state index contributed by atoms with van der Waals surface area (Å²) in [5.74, 6) is 4.55. The number of rotatable bonds is 11. The van der Waals surface area contributed by atoms with Gasteiger partial charge in [0, 0.05) is 12.1 Å². The molecule has 6 heteroatoms. The van der Waals surface area contributed by atoms with E-state index in [9.17, 15) is 9.59 Å². The Labute approximate surface area is 181 Å². The van der Waals surface area contributed by atoms with Gasteiger partial charge >= 0.3 is 0 Å². The Balaban J connectivity index is 1.01. The van der Waals surface area contributed by atoms with Crippen molar-refractivity contribution in [2.24, 2.45) is 35.5 Å². The molecule has 4 saturated carbocycles. The first-order valence-corrected chi connectivity index (χ1v) is 12.2. The van der Waals surface area contributed by atoms with Crippen LogP contribution in [0.1, 0.15) is 65.2 Å². The highest BCUT2D eigenvalue weighted by Crippen LogP contribution is 2.50. The second-order valence-electron chi connectivity index (χ2n) is 10.5. The molecule has 170 valence electrons. The van der Waals surface area contributed by atoms with E-state index < -0.39 is 0 Å². The van der Waals surface area contributed by atoms with Gasteiger partial charge in [0.1, 0.15) is 13.2 Å². The minimum atomic E-state index is -0.0531. The fourth-order valence-electron chi connectivity index (χ4n) is 7.07. The second-order valence-corrected chi connectivity index (χ2v) is 10.5. The van der Waals surface area contributed by atoms with Crippen LogP contribution in [0, 0.1) is 35.5 Å². The number of carbonyl (C=O) groups excluding carboxylic acids is 2. The maximum absolute atomic E-state index is 12.1. The average Bonchev–Trinajstić information content (AvgIpc) is 3.51. The van der Waals surface area contributed by atoms with E-state index >= 15 is 0 Å². The van der Waals surface area contributed by atoms with Gasteiger partial charge in [-0.1, -0.05) is 12.8 Å². The van der Waals surface area contributed by atoms with Gasteiger partial charge in [-0.2, -0.15) is 0 Å². The van der Waals surface area contributed by atoms with Crippen molar-refractivity contribution >= 4 is 11.8 Å². The number of nitrogens with one attached hydrogen (secondary N) is 2. The zero-order valence-corrected chi connectivity index (χ0v) is 18.7. The quantitative estimate of drug-likeness (QED) is 0.504. The highest BCUT2D eigenvalue weighted by Gasteiger charge is 2.43. The lowest BCUT2D eigenvalue weighted by Crippen LogP contribution is -2.42. The fourth-order valence-corrected chi connectivity index (χ4v) is 7.07. The van der Waals surface area contributed by atoms with Crippen LogP contribution in [-0.2, 0) is 19.1 Å². The molecule has 0 aromatic rings. The summed E-state index contributed by atoms with van der Waals surface area (Å²) < 4.78 is 10.9. The molecule has 4 bridgehead atoms. The van der Waals surface area contributed by atoms with Gasteiger partial charge in [-0.3, -0.25) is 9.59 Å². The Bertz CT molecular complexity index is 560. The van der Waals surface area contributed by atoms with Gasteiger partial charge in [0.15, 0.2) is 0 Å². The third-order valence-corrected chi connectivity index (χ3v) is 8.49. The van der Waals surface area contributed by atoms with E-state index in [4.69, 9.17) is 9.47 Å². The third-order valence-electron chi connectivity index (χ3n) is 8.49. The standard InChI is InChI=1S/C24H40N2O4/c1-15(21-11-17-3-5-19(21)9-17)25-23(27)13-29-7-8-30-14-24(28)26-16(2)22-12-18-4-6-20(22)10-18/h15-22H,3-14H2,1-2H3,(H,25,27)(H,26,28)/t15-,16+,17-,18-,19-,20-,21-,22-/m0/s1. The van der Waals surface area contributed by atoms with Crippen molar-refractivity contribution < 1.29 is 19.1 Å². The molecule has 4 fully saturated rings. The van der Waals surface area contributed by atoms with Crippen molar-refractivity contribution in [3.63, 3.8) is 0 Å². The Hall–Kier alpha value is -1.14. The monoisotopic (exact) mass is 420 g/mol. The molecule has 2 N–H and O–H groups in total. The molecule has 0 saturated heterocycles. The third kappa shape index (κ3) is 5.37. The molecule has 4 rings (SSSR count). The summed E-state index contributed by atoms with van der Waals surface area (Å²) in [5, 5.41) is 6.21. The van der Waals surface area contributed by atoms with Gasteiger partial charge in [0.05, 0.1) is 13.2 Å². The minimum absolute atomic E-state index is 0.0531. The Morgan fingerprint density at radius 3 is 1.50 bits per heavy atom. The molecule has 8 atom stereocenters. The van der Waals surface area contributed by atoms with Crippen molar-refractivity contribution in [3.8, 4) is 0 Å². The normalized spacial score (nSPS) is 36.1. The molecule has 0 aromatic heterocycles. The summed E-state index contributed by atoms with van der Waals surface area (Å²) in [6.45, 7) is 5.02. The maximum Gasteiger partial charge on any atom is 0.246 e. The van der Waals surface area contributed by atoms with E-state index in [1.165, 1.54) is 51.4 Å². The lowest BCUT2D eigenvalue weighted by molar-refractivity contribution is -0.130. The van der Waals surface area contributed by atoms with Gasteiger partial charge < -0.3 is 20.1 Å². The number of hydrogen-bond donors (Lipinski definition) is 2. The number of amides is 2. The minimum Gasteiger partial charge on any atom is -0.369 e. The van der Waals surface area contributed by atoms with Crippen LogP contribution in [0.25, 0.3) is 0 Å². The predicted molar refractivity (Wildman–Crippen MR) is 115 cm³/mol. The largest absolute Gasteiger partial charge is 0.369 e. The number of carbonyl (C=O) groups is 2. The first-order valence-electron chi connectivity index (χ1n) is 12.2. The predicted octanol–water partition coefficient (Wildman–Crippen LogP) is 2.90. The first-order chi connectivity index (χ1) is 14.5. The zero-order chi connectivity index (χ0) is 21.1. The van der Waals surface area contributed by atoms with Crippen molar-refractivity contribution in [1.82, 2.24) is 10.6 Å². The molecule has 0 aliphatic heterocycles. The van der Waals surface area contributed by atoms with E-state index in [2.05, 4.69) is 24.5 Å². The summed E-state index contributed by atoms with van der Waals surface area (Å²) in [6.07, 6.45) is 10.7.